The van der Waals surface area contributed by atoms with E-state index < -0.39 is 5.82 Å². The first-order valence-electron chi connectivity index (χ1n) is 8.53. The van der Waals surface area contributed by atoms with Crippen LogP contribution in [0.25, 0.3) is 0 Å². The van der Waals surface area contributed by atoms with E-state index in [2.05, 4.69) is 0 Å². The van der Waals surface area contributed by atoms with Gasteiger partial charge in [-0.3, -0.25) is 9.59 Å². The van der Waals surface area contributed by atoms with Crippen molar-refractivity contribution in [2.24, 2.45) is 5.92 Å². The largest absolute Gasteiger partial charge is 0.481 e. The zero-order valence-corrected chi connectivity index (χ0v) is 14.5. The summed E-state index contributed by atoms with van der Waals surface area (Å²) in [6.45, 7) is 5.62. The van der Waals surface area contributed by atoms with E-state index in [1.54, 1.807) is 17.0 Å². The highest BCUT2D eigenvalue weighted by Crippen LogP contribution is 2.22. The average Bonchev–Trinajstić information content (AvgIpc) is 2.51. The van der Waals surface area contributed by atoms with Crippen molar-refractivity contribution in [3.8, 4) is 5.75 Å². The molecule has 0 N–H and O–H groups in total. The first kappa shape index (κ1) is 17.7. The van der Waals surface area contributed by atoms with E-state index in [4.69, 9.17) is 9.47 Å². The number of carbonyl (C=O) groups excluding carboxylic acids is 2. The Balaban J connectivity index is 1.44. The Morgan fingerprint density at radius 1 is 1.12 bits per heavy atom. The van der Waals surface area contributed by atoms with Gasteiger partial charge >= 0.3 is 0 Å². The van der Waals surface area contributed by atoms with Crippen LogP contribution in [0.4, 0.5) is 4.39 Å². The highest BCUT2D eigenvalue weighted by Gasteiger charge is 2.39. The summed E-state index contributed by atoms with van der Waals surface area (Å²) in [5.41, 5.74) is 0. The molecule has 3 rings (SSSR count). The Morgan fingerprint density at radius 3 is 2.40 bits per heavy atom. The molecule has 1 aromatic carbocycles. The maximum atomic E-state index is 13.5. The second-order valence-corrected chi connectivity index (χ2v) is 6.72. The molecule has 2 fully saturated rings. The van der Waals surface area contributed by atoms with Crippen molar-refractivity contribution >= 4 is 11.8 Å². The zero-order valence-electron chi connectivity index (χ0n) is 14.5. The quantitative estimate of drug-likeness (QED) is 0.821. The maximum absolute atomic E-state index is 13.5. The summed E-state index contributed by atoms with van der Waals surface area (Å²) in [5, 5.41) is 0. The fourth-order valence-electron chi connectivity index (χ4n) is 3.25. The molecule has 0 aromatic heterocycles. The number of nitrogens with zero attached hydrogens (tertiary/aromatic N) is 2. The third-order valence-corrected chi connectivity index (χ3v) is 4.50. The minimum atomic E-state index is -0.498. The van der Waals surface area contributed by atoms with Gasteiger partial charge in [-0.1, -0.05) is 12.1 Å². The molecule has 136 valence electrons. The summed E-state index contributed by atoms with van der Waals surface area (Å²) < 4.78 is 24.3. The second kappa shape index (κ2) is 7.39. The summed E-state index contributed by atoms with van der Waals surface area (Å²) >= 11 is 0. The van der Waals surface area contributed by atoms with Crippen LogP contribution in [0.1, 0.15) is 13.8 Å². The molecular weight excluding hydrogens is 327 g/mol. The number of likely N-dealkylation sites (tertiary alicyclic amines) is 1. The third-order valence-electron chi connectivity index (χ3n) is 4.50. The average molecular weight is 350 g/mol. The van der Waals surface area contributed by atoms with Gasteiger partial charge in [-0.25, -0.2) is 4.39 Å². The van der Waals surface area contributed by atoms with Crippen molar-refractivity contribution in [3.63, 3.8) is 0 Å². The van der Waals surface area contributed by atoms with Gasteiger partial charge in [-0.05, 0) is 26.0 Å². The number of amides is 2. The highest BCUT2D eigenvalue weighted by atomic mass is 19.1. The minimum absolute atomic E-state index is 0.0275. The number of carbonyl (C=O) groups is 2. The van der Waals surface area contributed by atoms with Gasteiger partial charge in [-0.15, -0.1) is 0 Å². The molecule has 6 nitrogen and oxygen atoms in total. The topological polar surface area (TPSA) is 59.1 Å². The lowest BCUT2D eigenvalue weighted by Crippen LogP contribution is -2.59. The smallest absolute Gasteiger partial charge is 0.260 e. The van der Waals surface area contributed by atoms with Crippen LogP contribution in [0.2, 0.25) is 0 Å². The summed E-state index contributed by atoms with van der Waals surface area (Å²) in [5.74, 6) is -0.783. The summed E-state index contributed by atoms with van der Waals surface area (Å²) in [4.78, 5) is 28.0. The first-order chi connectivity index (χ1) is 11.9. The standard InChI is InChI=1S/C18H23FN2O4/c1-12-7-21(8-13(2)25-12)18(23)14-9-20(10-14)17(22)11-24-16-6-4-3-5-15(16)19/h3-6,12-14H,7-11H2,1-2H3. The Morgan fingerprint density at radius 2 is 1.76 bits per heavy atom. The van der Waals surface area contributed by atoms with Crippen molar-refractivity contribution in [1.82, 2.24) is 9.80 Å². The molecular formula is C18H23FN2O4. The minimum Gasteiger partial charge on any atom is -0.481 e. The van der Waals surface area contributed by atoms with E-state index in [1.807, 2.05) is 18.7 Å². The molecule has 0 aliphatic carbocycles. The van der Waals surface area contributed by atoms with E-state index in [0.717, 1.165) is 0 Å². The predicted molar refractivity (Wildman–Crippen MR) is 88.6 cm³/mol. The van der Waals surface area contributed by atoms with Crippen LogP contribution < -0.4 is 4.74 Å². The van der Waals surface area contributed by atoms with Crippen LogP contribution in [-0.2, 0) is 14.3 Å². The number of hydrogen-bond acceptors (Lipinski definition) is 4. The Bertz CT molecular complexity index is 638. The van der Waals surface area contributed by atoms with Gasteiger partial charge in [0.15, 0.2) is 18.2 Å². The highest BCUT2D eigenvalue weighted by molar-refractivity contribution is 5.85. The van der Waals surface area contributed by atoms with Crippen LogP contribution in [0.3, 0.4) is 0 Å². The Hall–Kier alpha value is -2.15. The molecule has 1 aromatic rings. The lowest BCUT2D eigenvalue weighted by Gasteiger charge is -2.43. The number of hydrogen-bond donors (Lipinski definition) is 0. The predicted octanol–water partition coefficient (Wildman–Crippen LogP) is 1.30. The molecule has 0 spiro atoms. The molecule has 25 heavy (non-hydrogen) atoms. The lowest BCUT2D eigenvalue weighted by molar-refractivity contribution is -0.157. The van der Waals surface area contributed by atoms with E-state index in [-0.39, 0.29) is 42.3 Å². The van der Waals surface area contributed by atoms with Crippen molar-refractivity contribution in [2.75, 3.05) is 32.8 Å². The number of rotatable bonds is 4. The first-order valence-corrected chi connectivity index (χ1v) is 8.53. The van der Waals surface area contributed by atoms with Gasteiger partial charge in [0.1, 0.15) is 0 Å². The SMILES string of the molecule is CC1CN(C(=O)C2CN(C(=O)COc3ccccc3F)C2)CC(C)O1. The summed E-state index contributed by atoms with van der Waals surface area (Å²) in [6.07, 6.45) is 0.0550. The van der Waals surface area contributed by atoms with Gasteiger partial charge in [0, 0.05) is 26.2 Å². The molecule has 2 atom stereocenters. The van der Waals surface area contributed by atoms with Gasteiger partial charge in [-0.2, -0.15) is 0 Å². The molecule has 0 radical (unpaired) electrons. The van der Waals surface area contributed by atoms with Crippen LogP contribution >= 0.6 is 0 Å². The fourth-order valence-corrected chi connectivity index (χ4v) is 3.25. The van der Waals surface area contributed by atoms with Crippen molar-refractivity contribution < 1.29 is 23.5 Å². The normalized spacial score (nSPS) is 24.0. The molecule has 0 bridgehead atoms. The maximum Gasteiger partial charge on any atom is 0.260 e. The van der Waals surface area contributed by atoms with Crippen LogP contribution in [0, 0.1) is 11.7 Å². The van der Waals surface area contributed by atoms with Crippen LogP contribution in [-0.4, -0.2) is 66.6 Å². The van der Waals surface area contributed by atoms with Gasteiger partial charge in [0.05, 0.1) is 18.1 Å². The number of benzene rings is 1. The number of halogens is 1. The van der Waals surface area contributed by atoms with Crippen molar-refractivity contribution in [1.29, 1.82) is 0 Å². The molecule has 2 amide bonds. The third kappa shape index (κ3) is 4.10. The van der Waals surface area contributed by atoms with E-state index in [1.165, 1.54) is 12.1 Å². The van der Waals surface area contributed by atoms with E-state index in [9.17, 15) is 14.0 Å². The lowest BCUT2D eigenvalue weighted by atomic mass is 9.97. The molecule has 2 heterocycles. The van der Waals surface area contributed by atoms with Gasteiger partial charge in [0.25, 0.3) is 5.91 Å². The number of ether oxygens (including phenoxy) is 2. The molecule has 7 heteroatoms. The van der Waals surface area contributed by atoms with Gasteiger partial charge in [0.2, 0.25) is 5.91 Å². The summed E-state index contributed by atoms with van der Waals surface area (Å²) in [7, 11) is 0. The monoisotopic (exact) mass is 350 g/mol. The van der Waals surface area contributed by atoms with Crippen LogP contribution in [0.15, 0.2) is 24.3 Å². The molecule has 2 aliphatic rings. The van der Waals surface area contributed by atoms with E-state index >= 15 is 0 Å². The van der Waals surface area contributed by atoms with Gasteiger partial charge < -0.3 is 19.3 Å². The molecule has 2 aliphatic heterocycles. The Labute approximate surface area is 146 Å². The van der Waals surface area contributed by atoms with Crippen molar-refractivity contribution in [2.45, 2.75) is 26.1 Å². The number of para-hydroxylation sites is 1. The Kier molecular flexibility index (Phi) is 5.22. The van der Waals surface area contributed by atoms with Crippen LogP contribution in [0.5, 0.6) is 5.75 Å². The van der Waals surface area contributed by atoms with Crippen molar-refractivity contribution in [3.05, 3.63) is 30.1 Å². The fraction of sp³-hybridized carbons (Fsp3) is 0.556. The molecule has 2 saturated heterocycles. The molecule has 2 unspecified atom stereocenters. The second-order valence-electron chi connectivity index (χ2n) is 6.72. The molecule has 0 saturated carbocycles. The van der Waals surface area contributed by atoms with E-state index in [0.29, 0.717) is 26.2 Å². The zero-order chi connectivity index (χ0) is 18.0. The summed E-state index contributed by atoms with van der Waals surface area (Å²) in [6, 6.07) is 5.96. The number of morpholine rings is 1.